The molecule has 0 bridgehead atoms. The standard InChI is InChI=1S/C9H13NO2S/c1-7-8(6-13(2,11)12)4-3-5-9(7)10/h3-5H,6,10H2,1-2H3. The van der Waals surface area contributed by atoms with Gasteiger partial charge in [0.2, 0.25) is 0 Å². The Kier molecular flexibility index (Phi) is 2.61. The van der Waals surface area contributed by atoms with Gasteiger partial charge in [0.25, 0.3) is 0 Å². The maximum Gasteiger partial charge on any atom is 0.151 e. The van der Waals surface area contributed by atoms with E-state index in [2.05, 4.69) is 0 Å². The van der Waals surface area contributed by atoms with E-state index in [1.165, 1.54) is 6.26 Å². The Morgan fingerprint density at radius 3 is 2.54 bits per heavy atom. The van der Waals surface area contributed by atoms with Crippen molar-refractivity contribution in [3.63, 3.8) is 0 Å². The van der Waals surface area contributed by atoms with E-state index in [1.54, 1.807) is 18.2 Å². The number of sulfone groups is 1. The number of nitrogens with two attached hydrogens (primary N) is 1. The second-order valence-corrected chi connectivity index (χ2v) is 5.34. The van der Waals surface area contributed by atoms with E-state index in [1.807, 2.05) is 6.92 Å². The van der Waals surface area contributed by atoms with Crippen molar-refractivity contribution in [1.29, 1.82) is 0 Å². The fourth-order valence-corrected chi connectivity index (χ4v) is 2.02. The summed E-state index contributed by atoms with van der Waals surface area (Å²) in [4.78, 5) is 0. The highest BCUT2D eigenvalue weighted by molar-refractivity contribution is 7.89. The lowest BCUT2D eigenvalue weighted by Gasteiger charge is -2.06. The fraction of sp³-hybridized carbons (Fsp3) is 0.333. The normalized spacial score (nSPS) is 11.5. The quantitative estimate of drug-likeness (QED) is 0.726. The van der Waals surface area contributed by atoms with Crippen molar-refractivity contribution in [2.45, 2.75) is 12.7 Å². The number of rotatable bonds is 2. The van der Waals surface area contributed by atoms with E-state index < -0.39 is 9.84 Å². The summed E-state index contributed by atoms with van der Waals surface area (Å²) in [6.45, 7) is 1.83. The Hall–Kier alpha value is -1.03. The van der Waals surface area contributed by atoms with Crippen LogP contribution < -0.4 is 5.73 Å². The van der Waals surface area contributed by atoms with E-state index >= 15 is 0 Å². The molecule has 4 heteroatoms. The molecular weight excluding hydrogens is 186 g/mol. The van der Waals surface area contributed by atoms with Crippen LogP contribution in [0.25, 0.3) is 0 Å². The van der Waals surface area contributed by atoms with Gasteiger partial charge in [-0.2, -0.15) is 0 Å². The van der Waals surface area contributed by atoms with Crippen molar-refractivity contribution in [3.8, 4) is 0 Å². The molecule has 0 spiro atoms. The maximum absolute atomic E-state index is 11.0. The van der Waals surface area contributed by atoms with Crippen molar-refractivity contribution in [2.24, 2.45) is 0 Å². The average Bonchev–Trinajstić information content (AvgIpc) is 1.96. The minimum atomic E-state index is -2.97. The fourth-order valence-electron chi connectivity index (χ4n) is 1.14. The molecule has 0 radical (unpaired) electrons. The van der Waals surface area contributed by atoms with E-state index in [0.717, 1.165) is 11.1 Å². The molecule has 0 saturated carbocycles. The van der Waals surface area contributed by atoms with Gasteiger partial charge in [0.05, 0.1) is 5.75 Å². The van der Waals surface area contributed by atoms with Crippen molar-refractivity contribution in [3.05, 3.63) is 29.3 Å². The molecule has 0 aliphatic carbocycles. The Morgan fingerprint density at radius 1 is 1.38 bits per heavy atom. The Labute approximate surface area is 78.5 Å². The number of hydrogen-bond donors (Lipinski definition) is 1. The third-order valence-electron chi connectivity index (χ3n) is 1.91. The third kappa shape index (κ3) is 2.73. The minimum Gasteiger partial charge on any atom is -0.399 e. The van der Waals surface area contributed by atoms with Crippen LogP contribution in [0.15, 0.2) is 18.2 Å². The van der Waals surface area contributed by atoms with Crippen LogP contribution in [0.2, 0.25) is 0 Å². The maximum atomic E-state index is 11.0. The highest BCUT2D eigenvalue weighted by atomic mass is 32.2. The molecule has 1 rings (SSSR count). The summed E-state index contributed by atoms with van der Waals surface area (Å²) in [6, 6.07) is 5.32. The van der Waals surface area contributed by atoms with Crippen molar-refractivity contribution in [1.82, 2.24) is 0 Å². The summed E-state index contributed by atoms with van der Waals surface area (Å²) in [5.41, 5.74) is 7.92. The predicted octanol–water partition coefficient (Wildman–Crippen LogP) is 1.12. The lowest BCUT2D eigenvalue weighted by molar-refractivity contribution is 0.601. The molecule has 72 valence electrons. The third-order valence-corrected chi connectivity index (χ3v) is 2.74. The van der Waals surface area contributed by atoms with Gasteiger partial charge in [0, 0.05) is 11.9 Å². The zero-order chi connectivity index (χ0) is 10.1. The summed E-state index contributed by atoms with van der Waals surface area (Å²) in [5, 5.41) is 0. The first kappa shape index (κ1) is 10.1. The molecule has 0 saturated heterocycles. The molecule has 0 aliphatic heterocycles. The second kappa shape index (κ2) is 3.38. The number of hydrogen-bond acceptors (Lipinski definition) is 3. The van der Waals surface area contributed by atoms with Gasteiger partial charge in [0.15, 0.2) is 9.84 Å². The largest absolute Gasteiger partial charge is 0.399 e. The minimum absolute atomic E-state index is 0.0594. The first-order valence-corrected chi connectivity index (χ1v) is 5.98. The number of anilines is 1. The predicted molar refractivity (Wildman–Crippen MR) is 54.1 cm³/mol. The first-order valence-electron chi connectivity index (χ1n) is 3.92. The molecule has 3 nitrogen and oxygen atoms in total. The Bertz CT molecular complexity index is 410. The molecule has 2 N–H and O–H groups in total. The van der Waals surface area contributed by atoms with Crippen molar-refractivity contribution < 1.29 is 8.42 Å². The molecule has 0 aromatic heterocycles. The van der Waals surface area contributed by atoms with Crippen LogP contribution in [0.5, 0.6) is 0 Å². The molecule has 0 aliphatic rings. The number of nitrogen functional groups attached to an aromatic ring is 1. The molecular formula is C9H13NO2S. The van der Waals surface area contributed by atoms with Gasteiger partial charge in [-0.05, 0) is 24.1 Å². The van der Waals surface area contributed by atoms with E-state index in [-0.39, 0.29) is 5.75 Å². The summed E-state index contributed by atoms with van der Waals surface area (Å²) in [7, 11) is -2.97. The molecule has 0 fully saturated rings. The van der Waals surface area contributed by atoms with Crippen LogP contribution in [0.1, 0.15) is 11.1 Å². The van der Waals surface area contributed by atoms with E-state index in [9.17, 15) is 8.42 Å². The Balaban J connectivity index is 3.10. The number of benzene rings is 1. The van der Waals surface area contributed by atoms with E-state index in [4.69, 9.17) is 5.73 Å². The molecule has 0 atom stereocenters. The zero-order valence-corrected chi connectivity index (χ0v) is 8.56. The zero-order valence-electron chi connectivity index (χ0n) is 7.74. The van der Waals surface area contributed by atoms with Crippen LogP contribution in [-0.4, -0.2) is 14.7 Å². The second-order valence-electron chi connectivity index (χ2n) is 3.20. The van der Waals surface area contributed by atoms with Gasteiger partial charge in [-0.25, -0.2) is 8.42 Å². The summed E-state index contributed by atoms with van der Waals surface area (Å²) in [5.74, 6) is 0.0594. The lowest BCUT2D eigenvalue weighted by Crippen LogP contribution is -2.03. The molecule has 0 unspecified atom stereocenters. The lowest BCUT2D eigenvalue weighted by atomic mass is 10.1. The van der Waals surface area contributed by atoms with Crippen LogP contribution in [0.3, 0.4) is 0 Å². The smallest absolute Gasteiger partial charge is 0.151 e. The summed E-state index contributed by atoms with van der Waals surface area (Å²) < 4.78 is 22.0. The van der Waals surface area contributed by atoms with Gasteiger partial charge in [-0.3, -0.25) is 0 Å². The van der Waals surface area contributed by atoms with Gasteiger partial charge < -0.3 is 5.73 Å². The average molecular weight is 199 g/mol. The topological polar surface area (TPSA) is 60.2 Å². The SMILES string of the molecule is Cc1c(N)cccc1CS(C)(=O)=O. The van der Waals surface area contributed by atoms with Crippen LogP contribution >= 0.6 is 0 Å². The van der Waals surface area contributed by atoms with E-state index in [0.29, 0.717) is 5.69 Å². The summed E-state index contributed by atoms with van der Waals surface area (Å²) >= 11 is 0. The van der Waals surface area contributed by atoms with Crippen LogP contribution in [0, 0.1) is 6.92 Å². The van der Waals surface area contributed by atoms with Crippen molar-refractivity contribution >= 4 is 15.5 Å². The van der Waals surface area contributed by atoms with Gasteiger partial charge in [-0.1, -0.05) is 12.1 Å². The highest BCUT2D eigenvalue weighted by Gasteiger charge is 2.07. The molecule has 13 heavy (non-hydrogen) atoms. The van der Waals surface area contributed by atoms with Crippen molar-refractivity contribution in [2.75, 3.05) is 12.0 Å². The van der Waals surface area contributed by atoms with Crippen LogP contribution in [-0.2, 0) is 15.6 Å². The molecule has 1 aromatic carbocycles. The molecule has 1 aromatic rings. The van der Waals surface area contributed by atoms with Gasteiger partial charge in [-0.15, -0.1) is 0 Å². The Morgan fingerprint density at radius 2 is 2.00 bits per heavy atom. The monoisotopic (exact) mass is 199 g/mol. The first-order chi connectivity index (χ1) is 5.90. The van der Waals surface area contributed by atoms with Crippen LogP contribution in [0.4, 0.5) is 5.69 Å². The summed E-state index contributed by atoms with van der Waals surface area (Å²) in [6.07, 6.45) is 1.22. The molecule has 0 heterocycles. The highest BCUT2D eigenvalue weighted by Crippen LogP contribution is 2.17. The van der Waals surface area contributed by atoms with Gasteiger partial charge in [0.1, 0.15) is 0 Å². The molecule has 0 amide bonds. The van der Waals surface area contributed by atoms with Gasteiger partial charge >= 0.3 is 0 Å².